The maximum absolute atomic E-state index is 11.7. The smallest absolute Gasteiger partial charge is 0.271 e. The van der Waals surface area contributed by atoms with E-state index in [4.69, 9.17) is 5.11 Å². The number of aliphatic hydroxyl groups is 1. The number of amides is 1. The summed E-state index contributed by atoms with van der Waals surface area (Å²) in [5.74, 6) is -2.03. The van der Waals surface area contributed by atoms with Gasteiger partial charge in [0, 0.05) is 17.8 Å². The number of nitrogens with one attached hydrogen (secondary N) is 1. The summed E-state index contributed by atoms with van der Waals surface area (Å²) in [6, 6.07) is 4.17. The molecule has 1 amide bonds. The zero-order valence-corrected chi connectivity index (χ0v) is 11.0. The molecule has 0 aromatic heterocycles. The van der Waals surface area contributed by atoms with Crippen LogP contribution >= 0.6 is 0 Å². The van der Waals surface area contributed by atoms with Gasteiger partial charge in [-0.05, 0) is 6.07 Å². The number of rotatable bonds is 8. The molecule has 0 fully saturated rings. The molecule has 0 bridgehead atoms. The average molecular weight is 297 g/mol. The minimum Gasteiger partial charge on any atom is -0.544 e. The first-order valence-corrected chi connectivity index (χ1v) is 6.13. The molecule has 1 aromatic carbocycles. The molecule has 0 saturated carbocycles. The molecule has 21 heavy (non-hydrogen) atoms. The lowest BCUT2D eigenvalue weighted by Gasteiger charge is -2.15. The number of carbonyl (C=O) groups is 2. The van der Waals surface area contributed by atoms with Crippen LogP contribution in [0, 0.1) is 10.1 Å². The van der Waals surface area contributed by atoms with Crippen LogP contribution in [0.2, 0.25) is 0 Å². The predicted octanol–water partition coefficient (Wildman–Crippen LogP) is -2.40. The molecule has 0 heterocycles. The fraction of sp³-hybridized carbons (Fsp3) is 0.333. The van der Waals surface area contributed by atoms with Crippen LogP contribution in [0.5, 0.6) is 0 Å². The maximum atomic E-state index is 11.7. The first kappa shape index (κ1) is 16.5. The predicted molar refractivity (Wildman–Crippen MR) is 69.0 cm³/mol. The van der Waals surface area contributed by atoms with Gasteiger partial charge in [-0.1, -0.05) is 6.07 Å². The van der Waals surface area contributed by atoms with Gasteiger partial charge in [-0.2, -0.15) is 0 Å². The van der Waals surface area contributed by atoms with Crippen molar-refractivity contribution in [2.24, 2.45) is 0 Å². The van der Waals surface area contributed by atoms with E-state index < -0.39 is 22.8 Å². The van der Waals surface area contributed by atoms with E-state index in [9.17, 15) is 24.8 Å². The molecule has 0 spiro atoms. The first-order valence-electron chi connectivity index (χ1n) is 6.13. The highest BCUT2D eigenvalue weighted by Crippen LogP contribution is 2.17. The number of anilines is 1. The number of benzene rings is 1. The van der Waals surface area contributed by atoms with Gasteiger partial charge in [0.25, 0.3) is 5.69 Å². The van der Waals surface area contributed by atoms with Gasteiger partial charge >= 0.3 is 0 Å². The number of non-ortho nitro benzene ring substituents is 1. The molecule has 0 saturated heterocycles. The number of aliphatic hydroxyl groups excluding tert-OH is 1. The first-order chi connectivity index (χ1) is 9.93. The zero-order valence-electron chi connectivity index (χ0n) is 11.0. The number of quaternary nitrogens is 1. The summed E-state index contributed by atoms with van der Waals surface area (Å²) < 4.78 is 0. The average Bonchev–Trinajstić information content (AvgIpc) is 2.43. The zero-order chi connectivity index (χ0) is 15.8. The van der Waals surface area contributed by atoms with Gasteiger partial charge in [0.15, 0.2) is 0 Å². The van der Waals surface area contributed by atoms with Crippen molar-refractivity contribution in [1.29, 1.82) is 0 Å². The summed E-state index contributed by atoms with van der Waals surface area (Å²) in [5, 5.41) is 33.7. The molecule has 114 valence electrons. The maximum Gasteiger partial charge on any atom is 0.271 e. The SMILES string of the molecule is O=C(C[C@@H]([NH2+]CCO)C(=O)[O-])Nc1cccc([N+](=O)[O-])c1. The lowest BCUT2D eigenvalue weighted by atomic mass is 10.2. The number of carbonyl (C=O) groups excluding carboxylic acids is 2. The molecule has 9 nitrogen and oxygen atoms in total. The van der Waals surface area contributed by atoms with Gasteiger partial charge in [-0.3, -0.25) is 14.9 Å². The van der Waals surface area contributed by atoms with Crippen molar-refractivity contribution in [3.8, 4) is 0 Å². The van der Waals surface area contributed by atoms with Crippen LogP contribution in [0.3, 0.4) is 0 Å². The second kappa shape index (κ2) is 7.92. The van der Waals surface area contributed by atoms with Crippen molar-refractivity contribution in [3.05, 3.63) is 34.4 Å². The van der Waals surface area contributed by atoms with E-state index in [2.05, 4.69) is 5.32 Å². The van der Waals surface area contributed by atoms with E-state index in [0.29, 0.717) is 0 Å². The van der Waals surface area contributed by atoms with Gasteiger partial charge < -0.3 is 25.6 Å². The highest BCUT2D eigenvalue weighted by molar-refractivity contribution is 5.93. The molecule has 1 rings (SSSR count). The number of nitrogens with two attached hydrogens (primary N) is 1. The van der Waals surface area contributed by atoms with E-state index in [-0.39, 0.29) is 30.9 Å². The molecule has 0 aliphatic rings. The van der Waals surface area contributed by atoms with Crippen LogP contribution in [0.25, 0.3) is 0 Å². The summed E-state index contributed by atoms with van der Waals surface area (Å²) in [7, 11) is 0. The lowest BCUT2D eigenvalue weighted by molar-refractivity contribution is -0.683. The van der Waals surface area contributed by atoms with Gasteiger partial charge in [0.2, 0.25) is 5.91 Å². The highest BCUT2D eigenvalue weighted by Gasteiger charge is 2.18. The van der Waals surface area contributed by atoms with Gasteiger partial charge in [-0.15, -0.1) is 0 Å². The number of aliphatic carboxylic acids is 1. The normalized spacial score (nSPS) is 11.7. The van der Waals surface area contributed by atoms with E-state index in [1.165, 1.54) is 29.6 Å². The molecule has 1 aromatic rings. The van der Waals surface area contributed by atoms with Crippen molar-refractivity contribution >= 4 is 23.3 Å². The summed E-state index contributed by atoms with van der Waals surface area (Å²) in [4.78, 5) is 32.6. The second-order valence-electron chi connectivity index (χ2n) is 4.23. The Kier molecular flexibility index (Phi) is 6.24. The van der Waals surface area contributed by atoms with Crippen LogP contribution in [0.4, 0.5) is 11.4 Å². The third kappa shape index (κ3) is 5.55. The Bertz CT molecular complexity index is 533. The number of hydrogen-bond donors (Lipinski definition) is 3. The Morgan fingerprint density at radius 3 is 2.71 bits per heavy atom. The topological polar surface area (TPSA) is 149 Å². The minimum atomic E-state index is -1.42. The van der Waals surface area contributed by atoms with Gasteiger partial charge in [0.1, 0.15) is 6.04 Å². The number of nitro benzene ring substituents is 1. The Morgan fingerprint density at radius 2 is 2.14 bits per heavy atom. The van der Waals surface area contributed by atoms with Crippen molar-refractivity contribution < 1.29 is 30.0 Å². The minimum absolute atomic E-state index is 0.128. The van der Waals surface area contributed by atoms with Crippen LogP contribution in [0.15, 0.2) is 24.3 Å². The van der Waals surface area contributed by atoms with Crippen LogP contribution in [-0.4, -0.2) is 41.1 Å². The van der Waals surface area contributed by atoms with Crippen LogP contribution in [0.1, 0.15) is 6.42 Å². The Labute approximate surface area is 119 Å². The standard InChI is InChI=1S/C12H15N3O6/c16-5-4-13-10(12(18)19)7-11(17)14-8-2-1-3-9(6-8)15(20)21/h1-3,6,10,13,16H,4-5,7H2,(H,14,17)(H,18,19)/t10-/m1/s1. The van der Waals surface area contributed by atoms with Crippen LogP contribution < -0.4 is 15.7 Å². The molecular weight excluding hydrogens is 282 g/mol. The fourth-order valence-electron chi connectivity index (χ4n) is 1.65. The van der Waals surface area contributed by atoms with Crippen LogP contribution in [-0.2, 0) is 9.59 Å². The number of carboxylic acid groups (broad SMARTS) is 1. The highest BCUT2D eigenvalue weighted by atomic mass is 16.6. The Morgan fingerprint density at radius 1 is 1.43 bits per heavy atom. The third-order valence-electron chi connectivity index (χ3n) is 2.63. The van der Waals surface area contributed by atoms with E-state index in [1.807, 2.05) is 0 Å². The van der Waals surface area contributed by atoms with Crippen molar-refractivity contribution in [1.82, 2.24) is 0 Å². The summed E-state index contributed by atoms with van der Waals surface area (Å²) in [6.07, 6.45) is -0.370. The monoisotopic (exact) mass is 297 g/mol. The third-order valence-corrected chi connectivity index (χ3v) is 2.63. The number of nitrogens with zero attached hydrogens (tertiary/aromatic N) is 1. The fourth-order valence-corrected chi connectivity index (χ4v) is 1.65. The lowest BCUT2D eigenvalue weighted by Crippen LogP contribution is -2.94. The molecular formula is C12H15N3O6. The largest absolute Gasteiger partial charge is 0.544 e. The van der Waals surface area contributed by atoms with Crippen molar-refractivity contribution in [2.75, 3.05) is 18.5 Å². The van der Waals surface area contributed by atoms with Gasteiger partial charge in [0.05, 0.1) is 30.5 Å². The van der Waals surface area contributed by atoms with Crippen molar-refractivity contribution in [2.45, 2.75) is 12.5 Å². The number of hydrogen-bond acceptors (Lipinski definition) is 6. The molecule has 4 N–H and O–H groups in total. The quantitative estimate of drug-likeness (QED) is 0.359. The molecule has 0 radical (unpaired) electrons. The number of nitro groups is 1. The van der Waals surface area contributed by atoms with E-state index >= 15 is 0 Å². The molecule has 9 heteroatoms. The molecule has 0 aliphatic carbocycles. The summed E-state index contributed by atoms with van der Waals surface area (Å²) in [6.45, 7) is -0.0982. The second-order valence-corrected chi connectivity index (χ2v) is 4.23. The number of carboxylic acids is 1. The summed E-state index contributed by atoms with van der Waals surface area (Å²) >= 11 is 0. The molecule has 0 unspecified atom stereocenters. The molecule has 0 aliphatic heterocycles. The molecule has 1 atom stereocenters. The van der Waals surface area contributed by atoms with E-state index in [0.717, 1.165) is 0 Å². The van der Waals surface area contributed by atoms with Gasteiger partial charge in [-0.25, -0.2) is 0 Å². The summed E-state index contributed by atoms with van der Waals surface area (Å²) in [5.41, 5.74) is 0.0181. The van der Waals surface area contributed by atoms with E-state index in [1.54, 1.807) is 0 Å². The Hall–Kier alpha value is -2.52. The Balaban J connectivity index is 2.65. The van der Waals surface area contributed by atoms with Crippen molar-refractivity contribution in [3.63, 3.8) is 0 Å².